The second kappa shape index (κ2) is 5.77. The Balaban J connectivity index is 2.19. The molecule has 0 spiro atoms. The number of amides is 1. The summed E-state index contributed by atoms with van der Waals surface area (Å²) >= 11 is 0. The van der Waals surface area contributed by atoms with E-state index in [0.29, 0.717) is 18.8 Å². The second-order valence-corrected chi connectivity index (χ2v) is 4.27. The Labute approximate surface area is 110 Å². The smallest absolute Gasteiger partial charge is 0.337 e. The van der Waals surface area contributed by atoms with Crippen LogP contribution in [0.4, 0.5) is 0 Å². The Morgan fingerprint density at radius 2 is 2.37 bits per heavy atom. The summed E-state index contributed by atoms with van der Waals surface area (Å²) in [5.41, 5.74) is 5.87. The summed E-state index contributed by atoms with van der Waals surface area (Å²) in [6.07, 6.45) is 1.53. The maximum absolute atomic E-state index is 11.3. The number of carboxylic acid groups (broad SMARTS) is 1. The largest absolute Gasteiger partial charge is 0.478 e. The van der Waals surface area contributed by atoms with Crippen LogP contribution >= 0.6 is 0 Å². The highest BCUT2D eigenvalue weighted by Gasteiger charge is 2.28. The molecule has 1 aromatic heterocycles. The van der Waals surface area contributed by atoms with Crippen molar-refractivity contribution in [1.29, 1.82) is 0 Å². The number of carboxylic acids is 1. The Morgan fingerprint density at radius 3 is 3.05 bits per heavy atom. The van der Waals surface area contributed by atoms with Gasteiger partial charge in [-0.2, -0.15) is 0 Å². The van der Waals surface area contributed by atoms with E-state index in [0.717, 1.165) is 0 Å². The Hall–Kier alpha value is -1.99. The van der Waals surface area contributed by atoms with Crippen LogP contribution in [0.5, 0.6) is 0 Å². The molecule has 1 aliphatic rings. The maximum Gasteiger partial charge on any atom is 0.337 e. The van der Waals surface area contributed by atoms with Crippen LogP contribution in [0.3, 0.4) is 0 Å². The first-order valence-corrected chi connectivity index (χ1v) is 5.88. The first-order valence-electron chi connectivity index (χ1n) is 5.88. The number of carbonyl (C=O) groups excluding carboxylic acids is 1. The topological polar surface area (TPSA) is 106 Å². The first-order chi connectivity index (χ1) is 9.09. The molecule has 7 nitrogen and oxygen atoms in total. The van der Waals surface area contributed by atoms with Gasteiger partial charge in [0.25, 0.3) is 0 Å². The van der Waals surface area contributed by atoms with Crippen LogP contribution in [0.1, 0.15) is 16.1 Å². The molecule has 3 N–H and O–H groups in total. The van der Waals surface area contributed by atoms with Crippen LogP contribution in [0.25, 0.3) is 0 Å². The molecule has 102 valence electrons. The van der Waals surface area contributed by atoms with Gasteiger partial charge in [0.1, 0.15) is 6.04 Å². The Morgan fingerprint density at radius 1 is 1.58 bits per heavy atom. The van der Waals surface area contributed by atoms with Crippen molar-refractivity contribution < 1.29 is 19.4 Å². The minimum atomic E-state index is -1.04. The number of morpholine rings is 1. The number of nitrogens with zero attached hydrogens (tertiary/aromatic N) is 2. The molecule has 19 heavy (non-hydrogen) atoms. The molecule has 1 unspecified atom stereocenters. The Bertz CT molecular complexity index is 492. The van der Waals surface area contributed by atoms with Gasteiger partial charge in [-0.05, 0) is 12.1 Å². The predicted molar refractivity (Wildman–Crippen MR) is 65.4 cm³/mol. The van der Waals surface area contributed by atoms with Crippen LogP contribution in [0.2, 0.25) is 0 Å². The van der Waals surface area contributed by atoms with Crippen molar-refractivity contribution >= 4 is 11.9 Å². The van der Waals surface area contributed by atoms with Gasteiger partial charge in [-0.15, -0.1) is 0 Å². The number of carbonyl (C=O) groups is 2. The van der Waals surface area contributed by atoms with Crippen molar-refractivity contribution in [1.82, 2.24) is 9.88 Å². The Kier molecular flexibility index (Phi) is 4.08. The van der Waals surface area contributed by atoms with Crippen LogP contribution in [-0.2, 0) is 16.1 Å². The lowest BCUT2D eigenvalue weighted by Crippen LogP contribution is -2.52. The number of rotatable bonds is 4. The summed E-state index contributed by atoms with van der Waals surface area (Å²) < 4.78 is 5.21. The summed E-state index contributed by atoms with van der Waals surface area (Å²) in [4.78, 5) is 28.3. The molecular formula is C12H15N3O4. The number of hydrogen-bond acceptors (Lipinski definition) is 5. The number of aromatic carboxylic acids is 1. The summed E-state index contributed by atoms with van der Waals surface area (Å²) in [7, 11) is 0. The van der Waals surface area contributed by atoms with E-state index >= 15 is 0 Å². The van der Waals surface area contributed by atoms with E-state index in [-0.39, 0.29) is 18.7 Å². The van der Waals surface area contributed by atoms with Gasteiger partial charge in [0.05, 0.1) is 24.5 Å². The molecule has 1 fully saturated rings. The van der Waals surface area contributed by atoms with Gasteiger partial charge >= 0.3 is 5.97 Å². The zero-order valence-electron chi connectivity index (χ0n) is 10.3. The molecule has 1 amide bonds. The third kappa shape index (κ3) is 3.07. The van der Waals surface area contributed by atoms with E-state index in [9.17, 15) is 9.59 Å². The normalized spacial score (nSPS) is 20.1. The van der Waals surface area contributed by atoms with E-state index in [1.54, 1.807) is 11.0 Å². The number of hydrogen-bond donors (Lipinski definition) is 2. The number of nitrogens with two attached hydrogens (primary N) is 1. The molecule has 2 heterocycles. The van der Waals surface area contributed by atoms with Crippen LogP contribution in [0, 0.1) is 0 Å². The maximum atomic E-state index is 11.3. The molecule has 7 heteroatoms. The molecule has 0 saturated carbocycles. The predicted octanol–water partition coefficient (Wildman–Crippen LogP) is -0.534. The van der Waals surface area contributed by atoms with Crippen LogP contribution < -0.4 is 5.73 Å². The van der Waals surface area contributed by atoms with E-state index < -0.39 is 17.9 Å². The standard InChI is InChI=1S/C12H15N3O4/c13-11(16)10-7-19-5-4-15(10)6-9-8(12(17)18)2-1-3-14-9/h1-3,10H,4-7H2,(H2,13,16)(H,17,18). The molecule has 0 bridgehead atoms. The van der Waals surface area contributed by atoms with Crippen molar-refractivity contribution in [2.24, 2.45) is 5.73 Å². The minimum Gasteiger partial charge on any atom is -0.478 e. The molecule has 1 aliphatic heterocycles. The van der Waals surface area contributed by atoms with Crippen LogP contribution in [-0.4, -0.2) is 52.7 Å². The average Bonchev–Trinajstić information content (AvgIpc) is 2.39. The van der Waals surface area contributed by atoms with Gasteiger partial charge in [0.15, 0.2) is 0 Å². The first kappa shape index (κ1) is 13.4. The zero-order chi connectivity index (χ0) is 13.8. The fourth-order valence-corrected chi connectivity index (χ4v) is 2.04. The third-order valence-corrected chi connectivity index (χ3v) is 3.04. The lowest BCUT2D eigenvalue weighted by atomic mass is 10.1. The molecule has 1 aromatic rings. The highest BCUT2D eigenvalue weighted by molar-refractivity contribution is 5.88. The van der Waals surface area contributed by atoms with Crippen LogP contribution in [0.15, 0.2) is 18.3 Å². The molecule has 0 aliphatic carbocycles. The van der Waals surface area contributed by atoms with Gasteiger partial charge in [-0.3, -0.25) is 14.7 Å². The lowest BCUT2D eigenvalue weighted by molar-refractivity contribution is -0.129. The SMILES string of the molecule is NC(=O)C1COCCN1Cc1ncccc1C(=O)O. The quantitative estimate of drug-likeness (QED) is 0.757. The monoisotopic (exact) mass is 265 g/mol. The summed E-state index contributed by atoms with van der Waals surface area (Å²) in [6.45, 7) is 1.49. The van der Waals surface area contributed by atoms with Gasteiger partial charge in [0, 0.05) is 19.3 Å². The number of aromatic nitrogens is 1. The fraction of sp³-hybridized carbons (Fsp3) is 0.417. The molecular weight excluding hydrogens is 250 g/mol. The van der Waals surface area contributed by atoms with Gasteiger partial charge in [0.2, 0.25) is 5.91 Å². The number of primary amides is 1. The van der Waals surface area contributed by atoms with Crippen molar-refractivity contribution in [3.05, 3.63) is 29.6 Å². The third-order valence-electron chi connectivity index (χ3n) is 3.04. The van der Waals surface area contributed by atoms with Crippen molar-refractivity contribution in [2.75, 3.05) is 19.8 Å². The highest BCUT2D eigenvalue weighted by Crippen LogP contribution is 2.14. The molecule has 1 atom stereocenters. The van der Waals surface area contributed by atoms with Crippen molar-refractivity contribution in [3.63, 3.8) is 0 Å². The van der Waals surface area contributed by atoms with E-state index in [1.807, 2.05) is 0 Å². The number of pyridine rings is 1. The van der Waals surface area contributed by atoms with Gasteiger partial charge in [-0.25, -0.2) is 4.79 Å². The fourth-order valence-electron chi connectivity index (χ4n) is 2.04. The molecule has 2 rings (SSSR count). The summed E-state index contributed by atoms with van der Waals surface area (Å²) in [5, 5.41) is 9.10. The number of ether oxygens (including phenoxy) is 1. The highest BCUT2D eigenvalue weighted by atomic mass is 16.5. The summed E-state index contributed by atoms with van der Waals surface area (Å²) in [6, 6.07) is 2.51. The minimum absolute atomic E-state index is 0.136. The van der Waals surface area contributed by atoms with Gasteiger partial charge in [-0.1, -0.05) is 0 Å². The van der Waals surface area contributed by atoms with E-state index in [1.165, 1.54) is 12.3 Å². The van der Waals surface area contributed by atoms with Crippen molar-refractivity contribution in [3.8, 4) is 0 Å². The molecule has 0 radical (unpaired) electrons. The van der Waals surface area contributed by atoms with Crippen molar-refractivity contribution in [2.45, 2.75) is 12.6 Å². The second-order valence-electron chi connectivity index (χ2n) is 4.27. The lowest BCUT2D eigenvalue weighted by Gasteiger charge is -2.33. The van der Waals surface area contributed by atoms with E-state index in [2.05, 4.69) is 4.98 Å². The molecule has 0 aromatic carbocycles. The van der Waals surface area contributed by atoms with E-state index in [4.69, 9.17) is 15.6 Å². The zero-order valence-corrected chi connectivity index (χ0v) is 10.3. The summed E-state index contributed by atoms with van der Waals surface area (Å²) in [5.74, 6) is -1.51. The van der Waals surface area contributed by atoms with Gasteiger partial charge < -0.3 is 15.6 Å². The molecule has 1 saturated heterocycles. The average molecular weight is 265 g/mol.